The van der Waals surface area contributed by atoms with E-state index in [1.54, 1.807) is 30.8 Å². The van der Waals surface area contributed by atoms with Crippen LogP contribution in [0.5, 0.6) is 0 Å². The molecule has 3 aromatic heterocycles. The molecule has 0 aliphatic rings. The number of carbonyl (C=O) groups excluding carboxylic acids is 1. The molecule has 7 nitrogen and oxygen atoms in total. The molecular weight excluding hydrogens is 368 g/mol. The van der Waals surface area contributed by atoms with Crippen LogP contribution in [0.1, 0.15) is 33.2 Å². The molecule has 1 aromatic carbocycles. The minimum atomic E-state index is -0.332. The Morgan fingerprint density at radius 3 is 2.52 bits per heavy atom. The number of amides is 1. The van der Waals surface area contributed by atoms with E-state index in [9.17, 15) is 4.79 Å². The van der Waals surface area contributed by atoms with Crippen LogP contribution in [0.15, 0.2) is 68.7 Å². The summed E-state index contributed by atoms with van der Waals surface area (Å²) in [7, 11) is 0. The minimum absolute atomic E-state index is 0.332. The Bertz CT molecular complexity index is 1180. The van der Waals surface area contributed by atoms with Crippen molar-refractivity contribution in [1.29, 1.82) is 0 Å². The van der Waals surface area contributed by atoms with Crippen LogP contribution >= 0.6 is 0 Å². The van der Waals surface area contributed by atoms with Gasteiger partial charge in [0.1, 0.15) is 23.0 Å². The maximum absolute atomic E-state index is 12.3. The van der Waals surface area contributed by atoms with Gasteiger partial charge < -0.3 is 8.83 Å². The van der Waals surface area contributed by atoms with Crippen LogP contribution in [-0.2, 0) is 0 Å². The first kappa shape index (κ1) is 18.5. The van der Waals surface area contributed by atoms with Crippen molar-refractivity contribution in [2.24, 2.45) is 5.10 Å². The number of carbonyl (C=O) groups is 1. The predicted molar refractivity (Wildman–Crippen MR) is 109 cm³/mol. The summed E-state index contributed by atoms with van der Waals surface area (Å²) in [6, 6.07) is 15.2. The van der Waals surface area contributed by atoms with Crippen molar-refractivity contribution in [2.75, 3.05) is 0 Å². The van der Waals surface area contributed by atoms with Crippen LogP contribution in [0, 0.1) is 20.8 Å². The van der Waals surface area contributed by atoms with Crippen molar-refractivity contribution in [3.63, 3.8) is 0 Å². The van der Waals surface area contributed by atoms with Gasteiger partial charge in [0, 0.05) is 11.8 Å². The van der Waals surface area contributed by atoms with Gasteiger partial charge in [0.15, 0.2) is 5.76 Å². The number of hydrogen-bond acceptors (Lipinski definition) is 5. The molecule has 4 rings (SSSR count). The Morgan fingerprint density at radius 1 is 1.07 bits per heavy atom. The zero-order valence-corrected chi connectivity index (χ0v) is 16.3. The van der Waals surface area contributed by atoms with Gasteiger partial charge in [0.2, 0.25) is 0 Å². The van der Waals surface area contributed by atoms with Crippen molar-refractivity contribution in [2.45, 2.75) is 20.8 Å². The minimum Gasteiger partial charge on any atom is -0.466 e. The normalized spacial score (nSPS) is 11.3. The molecule has 0 aliphatic heterocycles. The monoisotopic (exact) mass is 388 g/mol. The molecule has 1 N–H and O–H groups in total. The lowest BCUT2D eigenvalue weighted by molar-refractivity contribution is 0.0953. The molecule has 0 fully saturated rings. The van der Waals surface area contributed by atoms with Gasteiger partial charge >= 0.3 is 0 Å². The van der Waals surface area contributed by atoms with Crippen LogP contribution in [0.3, 0.4) is 0 Å². The van der Waals surface area contributed by atoms with E-state index in [1.165, 1.54) is 0 Å². The van der Waals surface area contributed by atoms with Gasteiger partial charge in [-0.15, -0.1) is 0 Å². The molecule has 0 atom stereocenters. The molecule has 1 amide bonds. The first-order valence-corrected chi connectivity index (χ1v) is 9.13. The molecule has 0 aliphatic carbocycles. The number of rotatable bonds is 5. The predicted octanol–water partition coefficient (Wildman–Crippen LogP) is 4.41. The highest BCUT2D eigenvalue weighted by molar-refractivity contribution is 5.96. The highest BCUT2D eigenvalue weighted by Crippen LogP contribution is 2.24. The molecule has 0 spiro atoms. The molecule has 3 heterocycles. The number of nitrogens with zero attached hydrogens (tertiary/aromatic N) is 3. The zero-order chi connectivity index (χ0) is 20.4. The van der Waals surface area contributed by atoms with Crippen molar-refractivity contribution in [1.82, 2.24) is 15.2 Å². The van der Waals surface area contributed by atoms with Gasteiger partial charge in [-0.3, -0.25) is 4.79 Å². The number of hydrazone groups is 1. The summed E-state index contributed by atoms with van der Waals surface area (Å²) in [5.74, 6) is 2.32. The van der Waals surface area contributed by atoms with Gasteiger partial charge in [-0.1, -0.05) is 18.2 Å². The molecule has 7 heteroatoms. The molecule has 0 radical (unpaired) electrons. The number of para-hydroxylation sites is 1. The molecule has 0 unspecified atom stereocenters. The molecule has 0 saturated carbocycles. The summed E-state index contributed by atoms with van der Waals surface area (Å²) in [4.78, 5) is 12.3. The summed E-state index contributed by atoms with van der Waals surface area (Å²) < 4.78 is 12.9. The Hall–Kier alpha value is -3.87. The Balaban J connectivity index is 1.63. The fraction of sp³-hybridized carbons (Fsp3) is 0.136. The van der Waals surface area contributed by atoms with Gasteiger partial charge in [0.05, 0.1) is 17.5 Å². The maximum Gasteiger partial charge on any atom is 0.274 e. The van der Waals surface area contributed by atoms with E-state index in [4.69, 9.17) is 8.83 Å². The van der Waals surface area contributed by atoms with E-state index in [2.05, 4.69) is 15.6 Å². The average molecular weight is 388 g/mol. The third kappa shape index (κ3) is 3.89. The summed E-state index contributed by atoms with van der Waals surface area (Å²) in [6.07, 6.45) is 3.39. The van der Waals surface area contributed by atoms with Crippen LogP contribution in [0.2, 0.25) is 0 Å². The van der Waals surface area contributed by atoms with Crippen LogP contribution < -0.4 is 5.43 Å². The summed E-state index contributed by atoms with van der Waals surface area (Å²) in [5, 5.41) is 8.75. The van der Waals surface area contributed by atoms with E-state index in [1.807, 2.05) is 55.6 Å². The highest BCUT2D eigenvalue weighted by Gasteiger charge is 2.15. The maximum atomic E-state index is 12.3. The molecule has 0 saturated heterocycles. The van der Waals surface area contributed by atoms with E-state index in [0.29, 0.717) is 34.1 Å². The Morgan fingerprint density at radius 2 is 1.86 bits per heavy atom. The smallest absolute Gasteiger partial charge is 0.274 e. The second-order valence-corrected chi connectivity index (χ2v) is 6.65. The van der Waals surface area contributed by atoms with Gasteiger partial charge in [-0.25, -0.2) is 10.1 Å². The summed E-state index contributed by atoms with van der Waals surface area (Å²) in [5.41, 5.74) is 5.25. The number of aryl methyl sites for hydroxylation is 3. The zero-order valence-electron chi connectivity index (χ0n) is 16.3. The first-order chi connectivity index (χ1) is 14.0. The second kappa shape index (κ2) is 7.63. The number of hydrogen-bond donors (Lipinski definition) is 1. The standard InChI is InChI=1S/C22H20N4O3/c1-14-9-10-20(29-14)21-17(13-26(25-21)18-7-5-4-6-8-18)12-23-24-22(27)19-11-15(2)28-16(19)3/h4-13H,1-3H3,(H,24,27)/b23-12+. The Labute approximate surface area is 167 Å². The van der Waals surface area contributed by atoms with E-state index < -0.39 is 0 Å². The number of nitrogens with one attached hydrogen (secondary N) is 1. The number of benzene rings is 1. The molecule has 29 heavy (non-hydrogen) atoms. The third-order valence-electron chi connectivity index (χ3n) is 4.39. The lowest BCUT2D eigenvalue weighted by atomic mass is 10.2. The van der Waals surface area contributed by atoms with Crippen LogP contribution in [0.25, 0.3) is 17.1 Å². The van der Waals surface area contributed by atoms with E-state index >= 15 is 0 Å². The molecule has 146 valence electrons. The lowest BCUT2D eigenvalue weighted by Crippen LogP contribution is -2.17. The molecular formula is C22H20N4O3. The van der Waals surface area contributed by atoms with Crippen molar-refractivity contribution < 1.29 is 13.6 Å². The van der Waals surface area contributed by atoms with E-state index in [0.717, 1.165) is 11.4 Å². The summed E-state index contributed by atoms with van der Waals surface area (Å²) >= 11 is 0. The first-order valence-electron chi connectivity index (χ1n) is 9.13. The van der Waals surface area contributed by atoms with E-state index in [-0.39, 0.29) is 5.91 Å². The average Bonchev–Trinajstić information content (AvgIpc) is 3.41. The van der Waals surface area contributed by atoms with Gasteiger partial charge in [-0.05, 0) is 51.1 Å². The topological polar surface area (TPSA) is 85.6 Å². The van der Waals surface area contributed by atoms with Crippen molar-refractivity contribution in [3.05, 3.63) is 83.1 Å². The van der Waals surface area contributed by atoms with Gasteiger partial charge in [0.25, 0.3) is 5.91 Å². The number of aromatic nitrogens is 2. The third-order valence-corrected chi connectivity index (χ3v) is 4.39. The Kier molecular flexibility index (Phi) is 4.87. The van der Waals surface area contributed by atoms with Crippen LogP contribution in [0.4, 0.5) is 0 Å². The quantitative estimate of drug-likeness (QED) is 0.405. The highest BCUT2D eigenvalue weighted by atomic mass is 16.3. The largest absolute Gasteiger partial charge is 0.466 e. The fourth-order valence-electron chi connectivity index (χ4n) is 3.02. The van der Waals surface area contributed by atoms with Crippen LogP contribution in [-0.4, -0.2) is 21.9 Å². The molecule has 4 aromatic rings. The fourth-order valence-corrected chi connectivity index (χ4v) is 3.02. The van der Waals surface area contributed by atoms with Gasteiger partial charge in [-0.2, -0.15) is 10.2 Å². The number of furan rings is 2. The van der Waals surface area contributed by atoms with Crippen molar-refractivity contribution in [3.8, 4) is 17.1 Å². The second-order valence-electron chi connectivity index (χ2n) is 6.65. The van der Waals surface area contributed by atoms with Crippen molar-refractivity contribution >= 4 is 12.1 Å². The lowest BCUT2D eigenvalue weighted by Gasteiger charge is -1.98. The SMILES string of the molecule is Cc1ccc(-c2nn(-c3ccccc3)cc2/C=N/NC(=O)c2cc(C)oc2C)o1. The molecule has 0 bridgehead atoms. The summed E-state index contributed by atoms with van der Waals surface area (Å²) in [6.45, 7) is 5.41.